The van der Waals surface area contributed by atoms with Gasteiger partial charge in [0.2, 0.25) is 11.4 Å². The first kappa shape index (κ1) is 9.40. The van der Waals surface area contributed by atoms with Gasteiger partial charge in [-0.05, 0) is 6.07 Å². The molecule has 1 aromatic rings. The number of nitrogens with one attached hydrogen (secondary N) is 1. The van der Waals surface area contributed by atoms with Gasteiger partial charge >= 0.3 is 0 Å². The summed E-state index contributed by atoms with van der Waals surface area (Å²) in [5, 5.41) is 26.4. The molecule has 0 radical (unpaired) electrons. The fourth-order valence-corrected chi connectivity index (χ4v) is 1.16. The third-order valence-corrected chi connectivity index (χ3v) is 1.72. The molecule has 0 saturated heterocycles. The Bertz CT molecular complexity index is 305. The topological polar surface area (TPSA) is 68.0 Å². The molecule has 0 heterocycles. The first-order valence-electron chi connectivity index (χ1n) is 2.93. The predicted octanol–water partition coefficient (Wildman–Crippen LogP) is 0.697. The van der Waals surface area contributed by atoms with Crippen LogP contribution in [0.3, 0.4) is 0 Å². The molecule has 66 valence electrons. The first-order chi connectivity index (χ1) is 5.52. The minimum Gasteiger partial charge on any atom is -0.595 e. The van der Waals surface area contributed by atoms with E-state index in [-0.39, 0.29) is 4.47 Å². The van der Waals surface area contributed by atoms with E-state index in [9.17, 15) is 9.60 Å². The van der Waals surface area contributed by atoms with E-state index >= 15 is 0 Å². The summed E-state index contributed by atoms with van der Waals surface area (Å²) in [7, 11) is 0. The third kappa shape index (κ3) is 1.72. The van der Waals surface area contributed by atoms with Crippen molar-refractivity contribution in [2.75, 3.05) is 0 Å². The molecular formula is C6H5BrFNO3. The van der Waals surface area contributed by atoms with Crippen molar-refractivity contribution in [2.45, 2.75) is 0 Å². The highest BCUT2D eigenvalue weighted by atomic mass is 79.9. The summed E-state index contributed by atoms with van der Waals surface area (Å²) < 4.78 is 12.9. The minimum absolute atomic E-state index is 0.273. The molecule has 0 aliphatic heterocycles. The monoisotopic (exact) mass is 237 g/mol. The van der Waals surface area contributed by atoms with Crippen LogP contribution in [0.2, 0.25) is 0 Å². The van der Waals surface area contributed by atoms with E-state index in [0.29, 0.717) is 0 Å². The van der Waals surface area contributed by atoms with Gasteiger partial charge in [-0.2, -0.15) is 5.23 Å². The van der Waals surface area contributed by atoms with E-state index in [1.165, 1.54) is 0 Å². The lowest BCUT2D eigenvalue weighted by atomic mass is 10.3. The van der Waals surface area contributed by atoms with Gasteiger partial charge in [-0.3, -0.25) is 0 Å². The summed E-state index contributed by atoms with van der Waals surface area (Å²) >= 11 is 2.90. The second kappa shape index (κ2) is 3.36. The Kier molecular flexibility index (Phi) is 2.63. The van der Waals surface area contributed by atoms with Gasteiger partial charge in [0.05, 0.1) is 0 Å². The number of hydrogen-bond acceptors (Lipinski definition) is 3. The third-order valence-electron chi connectivity index (χ3n) is 1.26. The second-order valence-corrected chi connectivity index (χ2v) is 3.00. The maximum Gasteiger partial charge on any atom is 0.217 e. The summed E-state index contributed by atoms with van der Waals surface area (Å²) in [5.74, 6) is -1.80. The van der Waals surface area contributed by atoms with Crippen LogP contribution in [0.15, 0.2) is 16.6 Å². The Morgan fingerprint density at radius 2 is 2.08 bits per heavy atom. The lowest BCUT2D eigenvalue weighted by Crippen LogP contribution is -2.99. The number of quaternary nitrogens is 1. The molecule has 0 bridgehead atoms. The summed E-state index contributed by atoms with van der Waals surface area (Å²) in [5.41, 5.74) is -0.457. The van der Waals surface area contributed by atoms with Gasteiger partial charge < -0.3 is 10.3 Å². The molecule has 0 aromatic heterocycles. The molecule has 4 nitrogen and oxygen atoms in total. The molecule has 0 saturated carbocycles. The molecule has 3 N–H and O–H groups in total. The van der Waals surface area contributed by atoms with Crippen LogP contribution < -0.4 is 5.23 Å². The zero-order chi connectivity index (χ0) is 9.30. The normalized spacial score (nSPS) is 13.0. The average molecular weight is 238 g/mol. The molecule has 0 aliphatic rings. The highest BCUT2D eigenvalue weighted by Gasteiger charge is 2.14. The van der Waals surface area contributed by atoms with Crippen LogP contribution in [-0.2, 0) is 0 Å². The van der Waals surface area contributed by atoms with Crippen LogP contribution in [0, 0.1) is 11.0 Å². The number of phenols is 1. The van der Waals surface area contributed by atoms with Gasteiger partial charge in [0.25, 0.3) is 0 Å². The van der Waals surface area contributed by atoms with Crippen LogP contribution in [0.4, 0.5) is 10.1 Å². The summed E-state index contributed by atoms with van der Waals surface area (Å²) in [6, 6.07) is 2.11. The second-order valence-electron chi connectivity index (χ2n) is 2.09. The SMILES string of the molecule is [O-][NH+](O)c1cc(Br)cc(F)c1O. The highest BCUT2D eigenvalue weighted by molar-refractivity contribution is 9.10. The number of aromatic hydroxyl groups is 1. The molecule has 1 unspecified atom stereocenters. The zero-order valence-electron chi connectivity index (χ0n) is 5.71. The van der Waals surface area contributed by atoms with Gasteiger partial charge in [0.15, 0.2) is 5.82 Å². The number of hydrogen-bond donors (Lipinski definition) is 3. The summed E-state index contributed by atoms with van der Waals surface area (Å²) in [6.07, 6.45) is 0. The van der Waals surface area contributed by atoms with Crippen molar-refractivity contribution in [3.63, 3.8) is 0 Å². The maximum atomic E-state index is 12.7. The largest absolute Gasteiger partial charge is 0.595 e. The molecular weight excluding hydrogens is 233 g/mol. The minimum atomic E-state index is -1.37. The van der Waals surface area contributed by atoms with E-state index in [0.717, 1.165) is 12.1 Å². The Morgan fingerprint density at radius 3 is 2.58 bits per heavy atom. The first-order valence-corrected chi connectivity index (χ1v) is 3.73. The van der Waals surface area contributed by atoms with Crippen molar-refractivity contribution in [1.29, 1.82) is 0 Å². The lowest BCUT2D eigenvalue weighted by molar-refractivity contribution is -0.991. The number of halogens is 2. The van der Waals surface area contributed by atoms with Gasteiger partial charge in [-0.15, -0.1) is 0 Å². The van der Waals surface area contributed by atoms with E-state index in [4.69, 9.17) is 10.3 Å². The van der Waals surface area contributed by atoms with Crippen molar-refractivity contribution < 1.29 is 19.9 Å². The van der Waals surface area contributed by atoms with Crippen molar-refractivity contribution in [1.82, 2.24) is 0 Å². The van der Waals surface area contributed by atoms with Crippen molar-refractivity contribution >= 4 is 21.6 Å². The Balaban J connectivity index is 3.28. The van der Waals surface area contributed by atoms with E-state index in [1.54, 1.807) is 0 Å². The zero-order valence-corrected chi connectivity index (χ0v) is 7.30. The fourth-order valence-electron chi connectivity index (χ4n) is 0.729. The van der Waals surface area contributed by atoms with Crippen LogP contribution in [-0.4, -0.2) is 10.3 Å². The fraction of sp³-hybridized carbons (Fsp3) is 0. The van der Waals surface area contributed by atoms with E-state index < -0.39 is 22.5 Å². The molecule has 1 atom stereocenters. The Morgan fingerprint density at radius 1 is 1.50 bits per heavy atom. The Hall–Kier alpha value is -0.690. The van der Waals surface area contributed by atoms with Gasteiger partial charge in [-0.25, -0.2) is 9.60 Å². The summed E-state index contributed by atoms with van der Waals surface area (Å²) in [6.45, 7) is 0. The molecule has 12 heavy (non-hydrogen) atoms. The quantitative estimate of drug-likeness (QED) is 0.498. The van der Waals surface area contributed by atoms with Crippen LogP contribution >= 0.6 is 15.9 Å². The maximum absolute atomic E-state index is 12.7. The van der Waals surface area contributed by atoms with Crippen molar-refractivity contribution in [3.05, 3.63) is 27.6 Å². The average Bonchev–Trinajstić information content (AvgIpc) is 1.96. The molecule has 0 spiro atoms. The predicted molar refractivity (Wildman–Crippen MR) is 41.5 cm³/mol. The van der Waals surface area contributed by atoms with Gasteiger partial charge in [0, 0.05) is 10.5 Å². The van der Waals surface area contributed by atoms with Crippen molar-refractivity contribution in [2.24, 2.45) is 0 Å². The van der Waals surface area contributed by atoms with Gasteiger partial charge in [0.1, 0.15) is 0 Å². The highest BCUT2D eigenvalue weighted by Crippen LogP contribution is 2.27. The van der Waals surface area contributed by atoms with Crippen LogP contribution in [0.5, 0.6) is 5.75 Å². The molecule has 0 aliphatic carbocycles. The smallest absolute Gasteiger partial charge is 0.217 e. The standard InChI is InChI=1S/C6H5BrFNO3/c7-3-1-4(8)6(10)5(2-3)9(11)12/h1-2,9-11H. The number of rotatable bonds is 1. The van der Waals surface area contributed by atoms with E-state index in [2.05, 4.69) is 15.9 Å². The van der Waals surface area contributed by atoms with Crippen LogP contribution in [0.25, 0.3) is 0 Å². The molecule has 0 fully saturated rings. The molecule has 0 amide bonds. The summed E-state index contributed by atoms with van der Waals surface area (Å²) in [4.78, 5) is 0. The lowest BCUT2D eigenvalue weighted by Gasteiger charge is -2.13. The number of phenolic OH excluding ortho intramolecular Hbond substituents is 1. The number of benzene rings is 1. The molecule has 6 heteroatoms. The molecule has 1 rings (SSSR count). The Labute approximate surface area is 75.5 Å². The van der Waals surface area contributed by atoms with E-state index in [1.807, 2.05) is 0 Å². The molecule has 1 aromatic carbocycles. The van der Waals surface area contributed by atoms with Crippen molar-refractivity contribution in [3.8, 4) is 5.75 Å². The van der Waals surface area contributed by atoms with Gasteiger partial charge in [-0.1, -0.05) is 15.9 Å². The van der Waals surface area contributed by atoms with Crippen LogP contribution in [0.1, 0.15) is 0 Å².